The van der Waals surface area contributed by atoms with Gasteiger partial charge >= 0.3 is 5.97 Å². The van der Waals surface area contributed by atoms with E-state index in [0.29, 0.717) is 17.7 Å². The van der Waals surface area contributed by atoms with Crippen LogP contribution in [0.5, 0.6) is 0 Å². The molecule has 0 radical (unpaired) electrons. The molecule has 1 atom stereocenters. The minimum atomic E-state index is -0.393. The van der Waals surface area contributed by atoms with E-state index in [0.717, 1.165) is 29.9 Å². The number of fused-ring (bicyclic) bond motifs is 3. The molecule has 0 saturated carbocycles. The zero-order valence-corrected chi connectivity index (χ0v) is 15.4. The summed E-state index contributed by atoms with van der Waals surface area (Å²) in [6.07, 6.45) is 4.28. The molecule has 0 aliphatic heterocycles. The largest absolute Gasteiger partial charge is 0.465 e. The van der Waals surface area contributed by atoms with Crippen LogP contribution in [0.4, 0.5) is 5.69 Å². The van der Waals surface area contributed by atoms with E-state index in [1.54, 1.807) is 24.3 Å². The van der Waals surface area contributed by atoms with Gasteiger partial charge in [-0.2, -0.15) is 0 Å². The first-order chi connectivity index (χ1) is 13.0. The van der Waals surface area contributed by atoms with E-state index in [1.807, 2.05) is 6.20 Å². The second kappa shape index (κ2) is 6.87. The second-order valence-electron chi connectivity index (χ2n) is 6.94. The summed E-state index contributed by atoms with van der Waals surface area (Å²) in [6.45, 7) is 2.05. The van der Waals surface area contributed by atoms with Gasteiger partial charge in [0, 0.05) is 29.9 Å². The van der Waals surface area contributed by atoms with E-state index in [1.165, 1.54) is 12.7 Å². The number of aromatic nitrogens is 2. The normalized spacial score (nSPS) is 16.0. The third kappa shape index (κ3) is 3.30. The van der Waals surface area contributed by atoms with Crippen molar-refractivity contribution >= 4 is 23.2 Å². The molecule has 0 spiro atoms. The van der Waals surface area contributed by atoms with Gasteiger partial charge in [-0.15, -0.1) is 0 Å². The molecule has 1 amide bonds. The number of carbonyl (C=O) groups is 2. The summed E-state index contributed by atoms with van der Waals surface area (Å²) in [6, 6.07) is 10.9. The summed E-state index contributed by atoms with van der Waals surface area (Å²) in [5.41, 5.74) is 5.46. The van der Waals surface area contributed by atoms with Crippen molar-refractivity contribution in [2.24, 2.45) is 5.92 Å². The summed E-state index contributed by atoms with van der Waals surface area (Å²) in [5.74, 6) is -0.497. The first-order valence-corrected chi connectivity index (χ1v) is 9.01. The van der Waals surface area contributed by atoms with Gasteiger partial charge < -0.3 is 14.5 Å². The van der Waals surface area contributed by atoms with Crippen LogP contribution in [-0.2, 0) is 22.4 Å². The number of imidazole rings is 1. The fourth-order valence-corrected chi connectivity index (χ4v) is 3.58. The minimum Gasteiger partial charge on any atom is -0.465 e. The van der Waals surface area contributed by atoms with Crippen LogP contribution in [-0.4, -0.2) is 28.4 Å². The molecule has 27 heavy (non-hydrogen) atoms. The topological polar surface area (TPSA) is 72.7 Å². The number of amides is 1. The number of nitrogens with one attached hydrogen (secondary N) is 1. The van der Waals surface area contributed by atoms with E-state index >= 15 is 0 Å². The average molecular weight is 363 g/mol. The maximum Gasteiger partial charge on any atom is 0.337 e. The number of ether oxygens (including phenoxy) is 1. The molecule has 1 aromatic carbocycles. The number of nitrogens with zero attached hydrogens (tertiary/aromatic N) is 2. The molecule has 1 N–H and O–H groups in total. The Morgan fingerprint density at radius 2 is 2.00 bits per heavy atom. The highest BCUT2D eigenvalue weighted by Gasteiger charge is 2.28. The third-order valence-electron chi connectivity index (χ3n) is 5.08. The van der Waals surface area contributed by atoms with Crippen LogP contribution >= 0.6 is 0 Å². The van der Waals surface area contributed by atoms with Gasteiger partial charge in [-0.1, -0.05) is 0 Å². The van der Waals surface area contributed by atoms with Gasteiger partial charge in [0.2, 0.25) is 5.91 Å². The van der Waals surface area contributed by atoms with Crippen molar-refractivity contribution in [3.63, 3.8) is 0 Å². The zero-order chi connectivity index (χ0) is 19.0. The SMILES string of the molecule is COC(=O)c1ccc(NC(=O)C2CCc3nc4cc(C)ccn4c3C2)cc1. The van der Waals surface area contributed by atoms with Gasteiger partial charge in [-0.05, 0) is 61.7 Å². The smallest absolute Gasteiger partial charge is 0.337 e. The first kappa shape index (κ1) is 17.3. The fourth-order valence-electron chi connectivity index (χ4n) is 3.58. The van der Waals surface area contributed by atoms with Gasteiger partial charge in [0.1, 0.15) is 5.65 Å². The van der Waals surface area contributed by atoms with Gasteiger partial charge in [-0.25, -0.2) is 9.78 Å². The van der Waals surface area contributed by atoms with Gasteiger partial charge in [0.05, 0.1) is 18.4 Å². The molecular weight excluding hydrogens is 342 g/mol. The van der Waals surface area contributed by atoms with Crippen molar-refractivity contribution in [2.45, 2.75) is 26.2 Å². The first-order valence-electron chi connectivity index (χ1n) is 9.01. The Balaban J connectivity index is 1.49. The number of aryl methyl sites for hydroxylation is 2. The number of pyridine rings is 1. The molecule has 0 bridgehead atoms. The molecule has 2 heterocycles. The summed E-state index contributed by atoms with van der Waals surface area (Å²) >= 11 is 0. The Bertz CT molecular complexity index is 1020. The van der Waals surface area contributed by atoms with Gasteiger partial charge in [0.15, 0.2) is 0 Å². The van der Waals surface area contributed by atoms with Crippen molar-refractivity contribution in [1.29, 1.82) is 0 Å². The van der Waals surface area contributed by atoms with Crippen molar-refractivity contribution in [3.8, 4) is 0 Å². The summed E-state index contributed by atoms with van der Waals surface area (Å²) in [5, 5.41) is 2.96. The maximum atomic E-state index is 12.7. The predicted molar refractivity (Wildman–Crippen MR) is 102 cm³/mol. The van der Waals surface area contributed by atoms with E-state index in [9.17, 15) is 9.59 Å². The maximum absolute atomic E-state index is 12.7. The Morgan fingerprint density at radius 3 is 2.74 bits per heavy atom. The number of esters is 1. The molecule has 0 fully saturated rings. The Morgan fingerprint density at radius 1 is 1.22 bits per heavy atom. The van der Waals surface area contributed by atoms with Crippen LogP contribution in [0, 0.1) is 12.8 Å². The Labute approximate surface area is 157 Å². The molecule has 1 unspecified atom stereocenters. The lowest BCUT2D eigenvalue weighted by Gasteiger charge is -2.21. The van der Waals surface area contributed by atoms with Crippen LogP contribution < -0.4 is 5.32 Å². The number of rotatable bonds is 3. The predicted octanol–water partition coefficient (Wildman–Crippen LogP) is 3.17. The molecule has 4 rings (SSSR count). The highest BCUT2D eigenvalue weighted by atomic mass is 16.5. The fraction of sp³-hybridized carbons (Fsp3) is 0.286. The number of hydrogen-bond donors (Lipinski definition) is 1. The van der Waals surface area contributed by atoms with Crippen LogP contribution in [0.3, 0.4) is 0 Å². The van der Waals surface area contributed by atoms with Crippen molar-refractivity contribution in [3.05, 3.63) is 65.1 Å². The Kier molecular flexibility index (Phi) is 4.39. The van der Waals surface area contributed by atoms with Crippen molar-refractivity contribution in [1.82, 2.24) is 9.38 Å². The lowest BCUT2D eigenvalue weighted by molar-refractivity contribution is -0.120. The number of hydrogen-bond acceptors (Lipinski definition) is 4. The zero-order valence-electron chi connectivity index (χ0n) is 15.4. The Hall–Kier alpha value is -3.15. The summed E-state index contributed by atoms with van der Waals surface area (Å²) < 4.78 is 6.78. The van der Waals surface area contributed by atoms with Crippen LogP contribution in [0.2, 0.25) is 0 Å². The third-order valence-corrected chi connectivity index (χ3v) is 5.08. The molecule has 1 aliphatic rings. The van der Waals surface area contributed by atoms with E-state index < -0.39 is 5.97 Å². The molecule has 6 heteroatoms. The standard InChI is InChI=1S/C21H21N3O3/c1-13-9-10-24-18-12-15(5-8-17(18)23-19(24)11-13)20(25)22-16-6-3-14(4-7-16)21(26)27-2/h3-4,6-7,9-11,15H,5,8,12H2,1-2H3,(H,22,25). The number of anilines is 1. The number of methoxy groups -OCH3 is 1. The van der Waals surface area contributed by atoms with E-state index in [4.69, 9.17) is 4.98 Å². The molecule has 0 saturated heterocycles. The van der Waals surface area contributed by atoms with Crippen molar-refractivity contribution in [2.75, 3.05) is 12.4 Å². The van der Waals surface area contributed by atoms with Crippen molar-refractivity contribution < 1.29 is 14.3 Å². The highest BCUT2D eigenvalue weighted by molar-refractivity contribution is 5.94. The van der Waals surface area contributed by atoms with E-state index in [-0.39, 0.29) is 11.8 Å². The molecule has 3 aromatic rings. The number of carbonyl (C=O) groups excluding carboxylic acids is 2. The van der Waals surface area contributed by atoms with E-state index in [2.05, 4.69) is 33.5 Å². The monoisotopic (exact) mass is 363 g/mol. The van der Waals surface area contributed by atoms with Crippen LogP contribution in [0.15, 0.2) is 42.6 Å². The molecule has 138 valence electrons. The summed E-state index contributed by atoms with van der Waals surface area (Å²) in [7, 11) is 1.34. The molecule has 6 nitrogen and oxygen atoms in total. The average Bonchev–Trinajstić information content (AvgIpc) is 3.04. The number of benzene rings is 1. The second-order valence-corrected chi connectivity index (χ2v) is 6.94. The quantitative estimate of drug-likeness (QED) is 0.726. The van der Waals surface area contributed by atoms with Gasteiger partial charge in [-0.3, -0.25) is 4.79 Å². The summed E-state index contributed by atoms with van der Waals surface area (Å²) in [4.78, 5) is 28.9. The minimum absolute atomic E-state index is 0.00599. The lowest BCUT2D eigenvalue weighted by atomic mass is 9.89. The lowest BCUT2D eigenvalue weighted by Crippen LogP contribution is -2.28. The molecule has 2 aromatic heterocycles. The van der Waals surface area contributed by atoms with Gasteiger partial charge in [0.25, 0.3) is 0 Å². The molecule has 1 aliphatic carbocycles. The highest BCUT2D eigenvalue weighted by Crippen LogP contribution is 2.27. The van der Waals surface area contributed by atoms with Crippen LogP contribution in [0.25, 0.3) is 5.65 Å². The molecular formula is C21H21N3O3. The van der Waals surface area contributed by atoms with Crippen LogP contribution in [0.1, 0.15) is 33.7 Å².